The molecule has 3 aromatic carbocycles. The van der Waals surface area contributed by atoms with Gasteiger partial charge in [0.2, 0.25) is 0 Å². The number of benzene rings is 3. The summed E-state index contributed by atoms with van der Waals surface area (Å²) in [4.78, 5) is 0. The van der Waals surface area contributed by atoms with Gasteiger partial charge in [0.25, 0.3) is 0 Å². The number of hydrogen-bond acceptors (Lipinski definition) is 0. The molecule has 43 heavy (non-hydrogen) atoms. The zero-order valence-corrected chi connectivity index (χ0v) is 20.1. The zero-order chi connectivity index (χ0) is 33.1. The van der Waals surface area contributed by atoms with E-state index >= 15 is 0 Å². The molecule has 0 aliphatic heterocycles. The molecule has 3 aromatic rings. The lowest BCUT2D eigenvalue weighted by Gasteiger charge is -2.34. The van der Waals surface area contributed by atoms with E-state index in [2.05, 4.69) is 0 Å². The van der Waals surface area contributed by atoms with Crippen molar-refractivity contribution >= 4 is 23.1 Å². The van der Waals surface area contributed by atoms with E-state index in [9.17, 15) is 79.0 Å². The molecule has 0 bridgehead atoms. The first-order valence-corrected chi connectivity index (χ1v) is 11.0. The summed E-state index contributed by atoms with van der Waals surface area (Å²) >= 11 is 0. The first-order valence-electron chi connectivity index (χ1n) is 11.0. The molecule has 0 heterocycles. The van der Waals surface area contributed by atoms with E-state index in [0.717, 1.165) is 0 Å². The lowest BCUT2D eigenvalue weighted by atomic mass is 9.36. The van der Waals surface area contributed by atoms with Crippen molar-refractivity contribution < 1.29 is 79.0 Å². The smallest absolute Gasteiger partial charge is 0.232 e. The summed E-state index contributed by atoms with van der Waals surface area (Å²) in [6.07, 6.45) is -34.0. The highest BCUT2D eigenvalue weighted by molar-refractivity contribution is 6.95. The topological polar surface area (TPSA) is 0 Å². The minimum absolute atomic E-state index is 0.235. The van der Waals surface area contributed by atoms with Crippen molar-refractivity contribution in [2.24, 2.45) is 0 Å². The molecule has 0 aromatic heterocycles. The van der Waals surface area contributed by atoms with E-state index in [0.29, 0.717) is 0 Å². The molecule has 0 aliphatic carbocycles. The molecule has 0 amide bonds. The van der Waals surface area contributed by atoms with E-state index in [1.54, 1.807) is 0 Å². The van der Waals surface area contributed by atoms with Gasteiger partial charge in [-0.2, -0.15) is 79.0 Å². The Bertz CT molecular complexity index is 1210. The summed E-state index contributed by atoms with van der Waals surface area (Å²) in [5, 5.41) is 0. The van der Waals surface area contributed by atoms with Gasteiger partial charge < -0.3 is 0 Å². The van der Waals surface area contributed by atoms with Crippen LogP contribution in [0.2, 0.25) is 0 Å². The fraction of sp³-hybridized carbons (Fsp3) is 0.250. The molecule has 0 saturated heterocycles. The summed E-state index contributed by atoms with van der Waals surface area (Å²) in [5.41, 5.74) is -17.7. The molecule has 0 atom stereocenters. The van der Waals surface area contributed by atoms with Crippen molar-refractivity contribution in [3.8, 4) is 0 Å². The standard InChI is InChI=1S/C24H9BF18/c26-19(27,28)10-1-11(20(29,30)31)5-16(4-10)25(17-6-12(21(32,33)34)2-13(7-17)22(35,36)37)18-8-14(23(38,39)40)3-15(9-18)24(41,42)43/h1-9H/q-1. The highest BCUT2D eigenvalue weighted by atomic mass is 19.4. The molecule has 0 nitrogen and oxygen atoms in total. The van der Waals surface area contributed by atoms with Crippen molar-refractivity contribution in [2.45, 2.75) is 37.1 Å². The minimum Gasteiger partial charge on any atom is -0.232 e. The van der Waals surface area contributed by atoms with E-state index in [1.165, 1.54) is 0 Å². The Hall–Kier alpha value is -3.54. The van der Waals surface area contributed by atoms with Crippen LogP contribution in [0.1, 0.15) is 33.4 Å². The Morgan fingerprint density at radius 3 is 0.512 bits per heavy atom. The lowest BCUT2D eigenvalue weighted by molar-refractivity contribution is -0.144. The van der Waals surface area contributed by atoms with Crippen molar-refractivity contribution in [3.05, 3.63) is 88.0 Å². The van der Waals surface area contributed by atoms with Gasteiger partial charge in [-0.3, -0.25) is 0 Å². The van der Waals surface area contributed by atoms with E-state index in [1.807, 2.05) is 0 Å². The Kier molecular flexibility index (Phi) is 8.35. The average Bonchev–Trinajstić information content (AvgIpc) is 2.80. The van der Waals surface area contributed by atoms with Crippen LogP contribution in [-0.4, -0.2) is 6.71 Å². The van der Waals surface area contributed by atoms with E-state index in [-0.39, 0.29) is 36.4 Å². The quantitative estimate of drug-likeness (QED) is 0.198. The van der Waals surface area contributed by atoms with Crippen LogP contribution < -0.4 is 16.4 Å². The van der Waals surface area contributed by atoms with Crippen molar-refractivity contribution in [1.29, 1.82) is 0 Å². The van der Waals surface area contributed by atoms with Crippen LogP contribution in [0, 0.1) is 0 Å². The van der Waals surface area contributed by atoms with Gasteiger partial charge in [0.05, 0.1) is 33.4 Å². The van der Waals surface area contributed by atoms with Gasteiger partial charge in [-0.05, 0) is 24.9 Å². The first-order chi connectivity index (χ1) is 19.1. The fourth-order valence-corrected chi connectivity index (χ4v) is 4.01. The largest absolute Gasteiger partial charge is 0.416 e. The van der Waals surface area contributed by atoms with Crippen LogP contribution in [0.25, 0.3) is 0 Å². The number of alkyl halides is 18. The second kappa shape index (κ2) is 10.6. The lowest BCUT2D eigenvalue weighted by Crippen LogP contribution is -2.53. The summed E-state index contributed by atoms with van der Waals surface area (Å²) in [7, 11) is 0. The summed E-state index contributed by atoms with van der Waals surface area (Å²) in [5.74, 6) is 0. The Morgan fingerprint density at radius 1 is 0.256 bits per heavy atom. The number of rotatable bonds is 3. The van der Waals surface area contributed by atoms with Crippen LogP contribution >= 0.6 is 0 Å². The monoisotopic (exact) mass is 650 g/mol. The van der Waals surface area contributed by atoms with Gasteiger partial charge >= 0.3 is 37.1 Å². The van der Waals surface area contributed by atoms with Crippen LogP contribution in [0.4, 0.5) is 79.0 Å². The minimum atomic E-state index is -5.67. The fourth-order valence-electron chi connectivity index (χ4n) is 4.01. The SMILES string of the molecule is FC(F)(F)c1cc([B-](c2cc(C(F)(F)F)cc(C(F)(F)F)c2)c2cc(C(F)(F)F)cc(C(F)(F)F)c2)cc(C(F)(F)F)c1. The third kappa shape index (κ3) is 7.90. The third-order valence-corrected chi connectivity index (χ3v) is 5.83. The van der Waals surface area contributed by atoms with E-state index < -0.39 is 112 Å². The van der Waals surface area contributed by atoms with Crippen molar-refractivity contribution in [3.63, 3.8) is 0 Å². The van der Waals surface area contributed by atoms with Crippen LogP contribution in [0.3, 0.4) is 0 Å². The summed E-state index contributed by atoms with van der Waals surface area (Å²) in [6.45, 7) is -2.88. The molecule has 0 aliphatic rings. The number of hydrogen-bond donors (Lipinski definition) is 0. The first kappa shape index (κ1) is 34.0. The Morgan fingerprint density at radius 2 is 0.395 bits per heavy atom. The van der Waals surface area contributed by atoms with Crippen molar-refractivity contribution in [2.75, 3.05) is 0 Å². The molecule has 3 rings (SSSR count). The van der Waals surface area contributed by atoms with Gasteiger partial charge in [-0.25, -0.2) is 16.4 Å². The maximum Gasteiger partial charge on any atom is 0.416 e. The molecule has 235 valence electrons. The zero-order valence-electron chi connectivity index (χ0n) is 20.1. The maximum atomic E-state index is 13.5. The van der Waals surface area contributed by atoms with E-state index in [4.69, 9.17) is 0 Å². The number of halogens is 18. The van der Waals surface area contributed by atoms with Crippen LogP contribution in [0.15, 0.2) is 54.6 Å². The molecule has 0 unspecified atom stereocenters. The second-order valence-electron chi connectivity index (χ2n) is 8.95. The normalized spacial score (nSPS) is 14.0. The summed E-state index contributed by atoms with van der Waals surface area (Å²) < 4.78 is 243. The molecular formula is C24H9BF18-. The maximum absolute atomic E-state index is 13.5. The molecular weight excluding hydrogens is 641 g/mol. The highest BCUT2D eigenvalue weighted by Crippen LogP contribution is 2.38. The van der Waals surface area contributed by atoms with Crippen LogP contribution in [0.5, 0.6) is 0 Å². The molecule has 0 N–H and O–H groups in total. The van der Waals surface area contributed by atoms with Gasteiger partial charge in [0.15, 0.2) is 0 Å². The molecule has 0 fully saturated rings. The van der Waals surface area contributed by atoms with Gasteiger partial charge in [0.1, 0.15) is 0 Å². The Balaban J connectivity index is 2.60. The third-order valence-electron chi connectivity index (χ3n) is 5.83. The molecule has 1 radical (unpaired) electrons. The van der Waals surface area contributed by atoms with Gasteiger partial charge in [-0.15, -0.1) is 0 Å². The predicted octanol–water partition coefficient (Wildman–Crippen LogP) is 8.32. The average molecular weight is 650 g/mol. The van der Waals surface area contributed by atoms with Crippen LogP contribution in [-0.2, 0) is 37.1 Å². The molecule has 19 heteroatoms. The predicted molar refractivity (Wildman–Crippen MR) is 114 cm³/mol. The molecule has 0 saturated carbocycles. The Labute approximate surface area is 228 Å². The van der Waals surface area contributed by atoms with Crippen molar-refractivity contribution in [1.82, 2.24) is 0 Å². The van der Waals surface area contributed by atoms with Gasteiger partial charge in [0, 0.05) is 0 Å². The molecule has 0 spiro atoms. The highest BCUT2D eigenvalue weighted by Gasteiger charge is 2.40. The second-order valence-corrected chi connectivity index (χ2v) is 8.95. The van der Waals surface area contributed by atoms with Gasteiger partial charge in [-0.1, -0.05) is 36.4 Å². The summed E-state index contributed by atoms with van der Waals surface area (Å²) in [6, 6.07) is -2.95.